The average Bonchev–Trinajstić information content (AvgIpc) is 2.90. The highest BCUT2D eigenvalue weighted by molar-refractivity contribution is 5.79. The molecule has 1 saturated carbocycles. The van der Waals surface area contributed by atoms with Crippen LogP contribution in [0.5, 0.6) is 5.75 Å². The van der Waals surface area contributed by atoms with Gasteiger partial charge in [-0.15, -0.1) is 0 Å². The van der Waals surface area contributed by atoms with Gasteiger partial charge in [-0.2, -0.15) is 0 Å². The van der Waals surface area contributed by atoms with Gasteiger partial charge in [0.05, 0.1) is 6.61 Å². The van der Waals surface area contributed by atoms with E-state index in [2.05, 4.69) is 19.2 Å². The quantitative estimate of drug-likeness (QED) is 0.846. The second kappa shape index (κ2) is 7.46. The lowest BCUT2D eigenvalue weighted by molar-refractivity contribution is -0.125. The lowest BCUT2D eigenvalue weighted by atomic mass is 10.1. The van der Waals surface area contributed by atoms with Crippen molar-refractivity contribution in [3.8, 4) is 5.75 Å². The van der Waals surface area contributed by atoms with Crippen molar-refractivity contribution >= 4 is 5.91 Å². The summed E-state index contributed by atoms with van der Waals surface area (Å²) in [5, 5.41) is 3.00. The normalized spacial score (nSPS) is 21.5. The Morgan fingerprint density at radius 1 is 1.43 bits per heavy atom. The minimum atomic E-state index is 0.0837. The maximum Gasteiger partial charge on any atom is 0.223 e. The summed E-state index contributed by atoms with van der Waals surface area (Å²) in [5.74, 6) is 1.56. The smallest absolute Gasteiger partial charge is 0.223 e. The summed E-state index contributed by atoms with van der Waals surface area (Å²) in [6.45, 7) is 5.49. The van der Waals surface area contributed by atoms with Crippen LogP contribution in [0.4, 0.5) is 0 Å². The summed E-state index contributed by atoms with van der Waals surface area (Å²) in [4.78, 5) is 12.1. The molecule has 2 rings (SSSR count). The van der Waals surface area contributed by atoms with Crippen LogP contribution in [0.2, 0.25) is 0 Å². The maximum absolute atomic E-state index is 12.1. The molecule has 1 aromatic carbocycles. The zero-order valence-corrected chi connectivity index (χ0v) is 13.0. The van der Waals surface area contributed by atoms with Crippen molar-refractivity contribution in [2.45, 2.75) is 45.7 Å². The first kappa shape index (κ1) is 15.8. The van der Waals surface area contributed by atoms with Gasteiger partial charge in [-0.05, 0) is 42.9 Å². The first-order valence-corrected chi connectivity index (χ1v) is 7.79. The number of rotatable bonds is 6. The first-order chi connectivity index (χ1) is 10.0. The van der Waals surface area contributed by atoms with Crippen LogP contribution >= 0.6 is 0 Å². The third-order valence-corrected chi connectivity index (χ3v) is 3.79. The number of nitrogens with one attached hydrogen (secondary N) is 1. The van der Waals surface area contributed by atoms with E-state index in [1.165, 1.54) is 0 Å². The van der Waals surface area contributed by atoms with Gasteiger partial charge in [0.25, 0.3) is 0 Å². The summed E-state index contributed by atoms with van der Waals surface area (Å²) in [5.41, 5.74) is 6.91. The Hall–Kier alpha value is -1.55. The van der Waals surface area contributed by atoms with Crippen LogP contribution in [0.1, 0.15) is 38.7 Å². The van der Waals surface area contributed by atoms with E-state index in [1.54, 1.807) is 0 Å². The monoisotopic (exact) mass is 290 g/mol. The van der Waals surface area contributed by atoms with Crippen molar-refractivity contribution in [1.82, 2.24) is 5.32 Å². The topological polar surface area (TPSA) is 64.3 Å². The third-order valence-electron chi connectivity index (χ3n) is 3.79. The van der Waals surface area contributed by atoms with Crippen molar-refractivity contribution in [2.75, 3.05) is 6.61 Å². The molecule has 0 aliphatic heterocycles. The molecule has 0 heterocycles. The molecule has 21 heavy (non-hydrogen) atoms. The van der Waals surface area contributed by atoms with E-state index in [0.717, 1.165) is 30.6 Å². The van der Waals surface area contributed by atoms with E-state index in [4.69, 9.17) is 10.5 Å². The number of nitrogens with two attached hydrogens (primary N) is 1. The van der Waals surface area contributed by atoms with Crippen LogP contribution < -0.4 is 15.8 Å². The molecule has 0 bridgehead atoms. The van der Waals surface area contributed by atoms with E-state index < -0.39 is 0 Å². The standard InChI is InChI=1S/C17H26N2O2/c1-12(2)11-21-16-5-3-4-13(8-16)10-19-17(20)14-6-7-15(18)9-14/h3-5,8,12,14-15H,6-7,9-11,18H2,1-2H3,(H,19,20). The third kappa shape index (κ3) is 5.05. The SMILES string of the molecule is CC(C)COc1cccc(CNC(=O)C2CCC(N)C2)c1. The molecule has 1 amide bonds. The molecule has 1 aromatic rings. The molecule has 1 fully saturated rings. The summed E-state index contributed by atoms with van der Waals surface area (Å²) >= 11 is 0. The summed E-state index contributed by atoms with van der Waals surface area (Å²) in [6, 6.07) is 8.09. The van der Waals surface area contributed by atoms with E-state index in [1.807, 2.05) is 24.3 Å². The van der Waals surface area contributed by atoms with Gasteiger partial charge in [0, 0.05) is 18.5 Å². The fourth-order valence-electron chi connectivity index (χ4n) is 2.60. The fraction of sp³-hybridized carbons (Fsp3) is 0.588. The van der Waals surface area contributed by atoms with Gasteiger partial charge in [0.2, 0.25) is 5.91 Å². The van der Waals surface area contributed by atoms with E-state index in [9.17, 15) is 4.79 Å². The largest absolute Gasteiger partial charge is 0.493 e. The number of carbonyl (C=O) groups is 1. The van der Waals surface area contributed by atoms with Gasteiger partial charge in [-0.25, -0.2) is 0 Å². The molecular formula is C17H26N2O2. The van der Waals surface area contributed by atoms with Gasteiger partial charge in [0.1, 0.15) is 5.75 Å². The molecule has 1 aliphatic rings. The van der Waals surface area contributed by atoms with Crippen molar-refractivity contribution in [3.63, 3.8) is 0 Å². The Balaban J connectivity index is 1.82. The molecule has 0 radical (unpaired) electrons. The molecule has 2 unspecified atom stereocenters. The second-order valence-corrected chi connectivity index (χ2v) is 6.34. The molecule has 0 saturated heterocycles. The van der Waals surface area contributed by atoms with Crippen LogP contribution in [0.3, 0.4) is 0 Å². The van der Waals surface area contributed by atoms with Gasteiger partial charge in [-0.1, -0.05) is 26.0 Å². The average molecular weight is 290 g/mol. The Kier molecular flexibility index (Phi) is 5.62. The maximum atomic E-state index is 12.1. The summed E-state index contributed by atoms with van der Waals surface area (Å²) in [6.07, 6.45) is 2.67. The molecule has 4 heteroatoms. The first-order valence-electron chi connectivity index (χ1n) is 7.79. The van der Waals surface area contributed by atoms with Crippen LogP contribution in [0, 0.1) is 11.8 Å². The number of carbonyl (C=O) groups excluding carboxylic acids is 1. The zero-order valence-electron chi connectivity index (χ0n) is 13.0. The van der Waals surface area contributed by atoms with Crippen LogP contribution in [0.15, 0.2) is 24.3 Å². The predicted octanol–water partition coefficient (Wildman–Crippen LogP) is 2.47. The predicted molar refractivity (Wildman–Crippen MR) is 83.9 cm³/mol. The Morgan fingerprint density at radius 3 is 2.90 bits per heavy atom. The number of hydrogen-bond donors (Lipinski definition) is 2. The van der Waals surface area contributed by atoms with Crippen LogP contribution in [0.25, 0.3) is 0 Å². The Bertz CT molecular complexity index is 474. The van der Waals surface area contributed by atoms with Crippen LogP contribution in [-0.2, 0) is 11.3 Å². The van der Waals surface area contributed by atoms with Gasteiger partial charge < -0.3 is 15.8 Å². The van der Waals surface area contributed by atoms with Gasteiger partial charge >= 0.3 is 0 Å². The number of amides is 1. The van der Waals surface area contributed by atoms with Crippen LogP contribution in [-0.4, -0.2) is 18.6 Å². The summed E-state index contributed by atoms with van der Waals surface area (Å²) in [7, 11) is 0. The number of hydrogen-bond acceptors (Lipinski definition) is 3. The Labute approximate surface area is 127 Å². The molecule has 4 nitrogen and oxygen atoms in total. The lowest BCUT2D eigenvalue weighted by Gasteiger charge is -2.12. The molecule has 3 N–H and O–H groups in total. The van der Waals surface area contributed by atoms with Crippen molar-refractivity contribution in [1.29, 1.82) is 0 Å². The summed E-state index contributed by atoms with van der Waals surface area (Å²) < 4.78 is 5.70. The number of ether oxygens (including phenoxy) is 1. The van der Waals surface area contributed by atoms with E-state index in [-0.39, 0.29) is 17.9 Å². The van der Waals surface area contributed by atoms with E-state index in [0.29, 0.717) is 19.1 Å². The lowest BCUT2D eigenvalue weighted by Crippen LogP contribution is -2.30. The molecule has 116 valence electrons. The molecular weight excluding hydrogens is 264 g/mol. The minimum Gasteiger partial charge on any atom is -0.493 e. The van der Waals surface area contributed by atoms with Crippen molar-refractivity contribution in [3.05, 3.63) is 29.8 Å². The number of benzene rings is 1. The highest BCUT2D eigenvalue weighted by atomic mass is 16.5. The molecule has 1 aliphatic carbocycles. The highest BCUT2D eigenvalue weighted by Crippen LogP contribution is 2.24. The zero-order chi connectivity index (χ0) is 15.2. The fourth-order valence-corrected chi connectivity index (χ4v) is 2.60. The van der Waals surface area contributed by atoms with E-state index >= 15 is 0 Å². The minimum absolute atomic E-state index is 0.0837. The Morgan fingerprint density at radius 2 is 2.24 bits per heavy atom. The molecule has 0 aromatic heterocycles. The second-order valence-electron chi connectivity index (χ2n) is 6.34. The van der Waals surface area contributed by atoms with Crippen molar-refractivity contribution < 1.29 is 9.53 Å². The van der Waals surface area contributed by atoms with Gasteiger partial charge in [0.15, 0.2) is 0 Å². The highest BCUT2D eigenvalue weighted by Gasteiger charge is 2.27. The van der Waals surface area contributed by atoms with Crippen molar-refractivity contribution in [2.24, 2.45) is 17.6 Å². The molecule has 2 atom stereocenters. The molecule has 0 spiro atoms. The van der Waals surface area contributed by atoms with Gasteiger partial charge in [-0.3, -0.25) is 4.79 Å².